The third-order valence-corrected chi connectivity index (χ3v) is 3.19. The minimum absolute atomic E-state index is 0.0193. The zero-order chi connectivity index (χ0) is 17.0. The van der Waals surface area contributed by atoms with Crippen molar-refractivity contribution < 1.29 is 22.4 Å². The fraction of sp³-hybridized carbons (Fsp3) is 0.0625. The van der Waals surface area contributed by atoms with E-state index in [2.05, 4.69) is 5.32 Å². The first-order valence-electron chi connectivity index (χ1n) is 6.38. The summed E-state index contributed by atoms with van der Waals surface area (Å²) in [4.78, 5) is 11.7. The molecular weight excluding hydrogens is 334 g/mol. The number of benzene rings is 2. The molecule has 120 valence electrons. The molecule has 0 saturated carbocycles. The molecule has 2 nitrogen and oxygen atoms in total. The van der Waals surface area contributed by atoms with E-state index in [0.29, 0.717) is 0 Å². The van der Waals surface area contributed by atoms with Crippen molar-refractivity contribution in [2.75, 3.05) is 5.32 Å². The minimum Gasteiger partial charge on any atom is -0.322 e. The van der Waals surface area contributed by atoms with Gasteiger partial charge in [0.15, 0.2) is 0 Å². The Kier molecular flexibility index (Phi) is 5.05. The number of hydrogen-bond acceptors (Lipinski definition) is 1. The highest BCUT2D eigenvalue weighted by atomic mass is 35.5. The summed E-state index contributed by atoms with van der Waals surface area (Å²) in [7, 11) is 0. The number of carbonyl (C=O) groups is 1. The quantitative estimate of drug-likeness (QED) is 0.606. The van der Waals surface area contributed by atoms with E-state index < -0.39 is 23.5 Å². The maximum Gasteiger partial charge on any atom is 0.416 e. The van der Waals surface area contributed by atoms with Gasteiger partial charge in [-0.15, -0.1) is 0 Å². The topological polar surface area (TPSA) is 29.1 Å². The predicted octanol–water partition coefficient (Wildman–Crippen LogP) is 5.15. The van der Waals surface area contributed by atoms with E-state index in [1.54, 1.807) is 0 Å². The maximum atomic E-state index is 13.5. The molecule has 2 aromatic rings. The molecule has 2 aromatic carbocycles. The Morgan fingerprint density at radius 3 is 2.48 bits per heavy atom. The number of nitrogens with one attached hydrogen (secondary N) is 1. The van der Waals surface area contributed by atoms with E-state index >= 15 is 0 Å². The molecular formula is C16H10ClF4NO. The van der Waals surface area contributed by atoms with Crippen LogP contribution < -0.4 is 5.32 Å². The van der Waals surface area contributed by atoms with Crippen LogP contribution in [0, 0.1) is 5.82 Å². The third-order valence-electron chi connectivity index (χ3n) is 2.86. The van der Waals surface area contributed by atoms with Crippen molar-refractivity contribution in [2.45, 2.75) is 6.18 Å². The summed E-state index contributed by atoms with van der Waals surface area (Å²) in [6.07, 6.45) is -2.36. The van der Waals surface area contributed by atoms with E-state index in [-0.39, 0.29) is 16.3 Å². The van der Waals surface area contributed by atoms with E-state index in [9.17, 15) is 22.4 Å². The summed E-state index contributed by atoms with van der Waals surface area (Å²) < 4.78 is 51.3. The van der Waals surface area contributed by atoms with Crippen molar-refractivity contribution in [2.24, 2.45) is 0 Å². The number of carbonyl (C=O) groups excluding carboxylic acids is 1. The van der Waals surface area contributed by atoms with Gasteiger partial charge in [0.2, 0.25) is 5.91 Å². The Hall–Kier alpha value is -2.34. The van der Waals surface area contributed by atoms with E-state index in [1.165, 1.54) is 30.3 Å². The summed E-state index contributed by atoms with van der Waals surface area (Å²) in [6, 6.07) is 8.24. The number of alkyl halides is 3. The van der Waals surface area contributed by atoms with Crippen LogP contribution in [0.25, 0.3) is 6.08 Å². The van der Waals surface area contributed by atoms with Crippen LogP contribution in [0.3, 0.4) is 0 Å². The highest BCUT2D eigenvalue weighted by Gasteiger charge is 2.30. The molecule has 0 atom stereocenters. The van der Waals surface area contributed by atoms with Crippen LogP contribution in [0.5, 0.6) is 0 Å². The second-order valence-corrected chi connectivity index (χ2v) is 4.94. The molecule has 0 spiro atoms. The Bertz CT molecular complexity index is 736. The zero-order valence-electron chi connectivity index (χ0n) is 11.5. The van der Waals surface area contributed by atoms with Gasteiger partial charge in [-0.2, -0.15) is 13.2 Å². The highest BCUT2D eigenvalue weighted by molar-refractivity contribution is 6.32. The third kappa shape index (κ3) is 4.56. The summed E-state index contributed by atoms with van der Waals surface area (Å²) in [5.74, 6) is -1.32. The van der Waals surface area contributed by atoms with Crippen LogP contribution in [-0.4, -0.2) is 5.91 Å². The summed E-state index contributed by atoms with van der Waals surface area (Å²) in [6.45, 7) is 0. The van der Waals surface area contributed by atoms with Crippen molar-refractivity contribution in [1.29, 1.82) is 0 Å². The number of rotatable bonds is 3. The molecule has 0 bridgehead atoms. The molecule has 1 amide bonds. The van der Waals surface area contributed by atoms with Gasteiger partial charge in [-0.25, -0.2) is 4.39 Å². The van der Waals surface area contributed by atoms with Gasteiger partial charge in [-0.05, 0) is 36.4 Å². The van der Waals surface area contributed by atoms with E-state index in [1.807, 2.05) is 0 Å². The van der Waals surface area contributed by atoms with Crippen LogP contribution >= 0.6 is 11.6 Å². The van der Waals surface area contributed by atoms with Crippen LogP contribution in [0.15, 0.2) is 48.5 Å². The lowest BCUT2D eigenvalue weighted by Gasteiger charge is -2.08. The van der Waals surface area contributed by atoms with Gasteiger partial charge in [-0.3, -0.25) is 4.79 Å². The summed E-state index contributed by atoms with van der Waals surface area (Å²) >= 11 is 5.80. The zero-order valence-corrected chi connectivity index (χ0v) is 12.3. The van der Waals surface area contributed by atoms with Crippen LogP contribution in [-0.2, 0) is 11.0 Å². The molecule has 0 aliphatic carbocycles. The van der Waals surface area contributed by atoms with E-state index in [0.717, 1.165) is 24.3 Å². The molecule has 0 aromatic heterocycles. The average molecular weight is 344 g/mol. The molecule has 0 fully saturated rings. The molecule has 0 saturated heterocycles. The van der Waals surface area contributed by atoms with Crippen molar-refractivity contribution in [3.63, 3.8) is 0 Å². The van der Waals surface area contributed by atoms with Gasteiger partial charge in [0.1, 0.15) is 5.82 Å². The van der Waals surface area contributed by atoms with Gasteiger partial charge in [0.05, 0.1) is 10.6 Å². The Labute approximate surface area is 134 Å². The SMILES string of the molecule is O=C(/C=C/c1c(F)cccc1Cl)Nc1cccc(C(F)(F)F)c1. The lowest BCUT2D eigenvalue weighted by molar-refractivity contribution is -0.137. The van der Waals surface area contributed by atoms with Gasteiger partial charge >= 0.3 is 6.18 Å². The summed E-state index contributed by atoms with van der Waals surface area (Å²) in [5.41, 5.74) is -0.876. The second kappa shape index (κ2) is 6.83. The number of hydrogen-bond donors (Lipinski definition) is 1. The summed E-state index contributed by atoms with van der Waals surface area (Å²) in [5, 5.41) is 2.39. The lowest BCUT2D eigenvalue weighted by atomic mass is 10.2. The fourth-order valence-electron chi connectivity index (χ4n) is 1.79. The number of halogens is 5. The molecule has 0 radical (unpaired) electrons. The predicted molar refractivity (Wildman–Crippen MR) is 80.5 cm³/mol. The average Bonchev–Trinajstić information content (AvgIpc) is 2.46. The van der Waals surface area contributed by atoms with Gasteiger partial charge in [0.25, 0.3) is 0 Å². The highest BCUT2D eigenvalue weighted by Crippen LogP contribution is 2.30. The number of anilines is 1. The first-order valence-corrected chi connectivity index (χ1v) is 6.75. The van der Waals surface area contributed by atoms with Crippen LogP contribution in [0.1, 0.15) is 11.1 Å². The molecule has 0 unspecified atom stereocenters. The van der Waals surface area contributed by atoms with Crippen LogP contribution in [0.4, 0.5) is 23.2 Å². The minimum atomic E-state index is -4.50. The molecule has 1 N–H and O–H groups in total. The largest absolute Gasteiger partial charge is 0.416 e. The molecule has 0 aliphatic rings. The van der Waals surface area contributed by atoms with Crippen LogP contribution in [0.2, 0.25) is 5.02 Å². The Morgan fingerprint density at radius 1 is 1.13 bits per heavy atom. The molecule has 23 heavy (non-hydrogen) atoms. The molecule has 2 rings (SSSR count). The van der Waals surface area contributed by atoms with Gasteiger partial charge in [-0.1, -0.05) is 23.7 Å². The Balaban J connectivity index is 2.13. The smallest absolute Gasteiger partial charge is 0.322 e. The number of amides is 1. The lowest BCUT2D eigenvalue weighted by Crippen LogP contribution is -2.10. The fourth-order valence-corrected chi connectivity index (χ4v) is 2.01. The van der Waals surface area contributed by atoms with Crippen molar-refractivity contribution in [3.05, 3.63) is 70.5 Å². The maximum absolute atomic E-state index is 13.5. The molecule has 0 aliphatic heterocycles. The van der Waals surface area contributed by atoms with Crippen molar-refractivity contribution in [1.82, 2.24) is 0 Å². The molecule has 7 heteroatoms. The second-order valence-electron chi connectivity index (χ2n) is 4.54. The molecule has 0 heterocycles. The van der Waals surface area contributed by atoms with Crippen molar-refractivity contribution in [3.8, 4) is 0 Å². The standard InChI is InChI=1S/C16H10ClF4NO/c17-13-5-2-6-14(18)12(13)7-8-15(23)22-11-4-1-3-10(9-11)16(19,20)21/h1-9H,(H,22,23)/b8-7+. The first-order chi connectivity index (χ1) is 10.8. The Morgan fingerprint density at radius 2 is 1.83 bits per heavy atom. The normalized spacial score (nSPS) is 11.7. The van der Waals surface area contributed by atoms with E-state index in [4.69, 9.17) is 11.6 Å². The first kappa shape index (κ1) is 17.0. The van der Waals surface area contributed by atoms with Gasteiger partial charge in [0, 0.05) is 17.3 Å². The monoisotopic (exact) mass is 343 g/mol. The van der Waals surface area contributed by atoms with Gasteiger partial charge < -0.3 is 5.32 Å². The van der Waals surface area contributed by atoms with Crippen molar-refractivity contribution >= 4 is 29.3 Å².